The summed E-state index contributed by atoms with van der Waals surface area (Å²) in [6, 6.07) is 0. The topological polar surface area (TPSA) is 64.9 Å². The van der Waals surface area contributed by atoms with E-state index in [1.165, 1.54) is 0 Å². The number of nitrogens with two attached hydrogens (primary N) is 1. The molecule has 0 saturated heterocycles. The fourth-order valence-corrected chi connectivity index (χ4v) is 0.613. The summed E-state index contributed by atoms with van der Waals surface area (Å²) in [6.45, 7) is 2.44. The predicted molar refractivity (Wildman–Crippen MR) is 31.8 cm³/mol. The fourth-order valence-electron chi connectivity index (χ4n) is 0.613. The molecule has 1 aromatic heterocycles. The predicted octanol–water partition coefficient (Wildman–Crippen LogP) is -0.121. The van der Waals surface area contributed by atoms with Gasteiger partial charge < -0.3 is 5.73 Å². The summed E-state index contributed by atoms with van der Waals surface area (Å²) in [7, 11) is 0. The molecular formula is C5H9N3O. The highest BCUT2D eigenvalue weighted by Gasteiger charge is 2.01. The Bertz CT molecular complexity index is 184. The minimum atomic E-state index is 0.592. The molecule has 0 saturated carbocycles. The molecule has 2 N–H and O–H groups in total. The zero-order valence-corrected chi connectivity index (χ0v) is 5.29. The summed E-state index contributed by atoms with van der Waals surface area (Å²) in [5.74, 6) is 0. The lowest BCUT2D eigenvalue weighted by Crippen LogP contribution is -2.03. The second-order valence-electron chi connectivity index (χ2n) is 1.84. The number of rotatable bonds is 2. The molecule has 0 aliphatic rings. The van der Waals surface area contributed by atoms with E-state index in [1.54, 1.807) is 0 Å². The molecule has 0 amide bonds. The molecule has 4 nitrogen and oxygen atoms in total. The van der Waals surface area contributed by atoms with Crippen LogP contribution in [0.2, 0.25) is 0 Å². The first-order valence-corrected chi connectivity index (χ1v) is 2.82. The van der Waals surface area contributed by atoms with Crippen molar-refractivity contribution in [1.82, 2.24) is 10.3 Å². The van der Waals surface area contributed by atoms with Crippen molar-refractivity contribution < 1.29 is 4.63 Å². The van der Waals surface area contributed by atoms with Gasteiger partial charge in [-0.25, -0.2) is 4.63 Å². The lowest BCUT2D eigenvalue weighted by atomic mass is 10.3. The van der Waals surface area contributed by atoms with Crippen LogP contribution in [0, 0.1) is 6.92 Å². The van der Waals surface area contributed by atoms with Gasteiger partial charge in [0.15, 0.2) is 0 Å². The molecule has 1 aromatic rings. The second-order valence-corrected chi connectivity index (χ2v) is 1.84. The maximum absolute atomic E-state index is 5.28. The SMILES string of the molecule is Cc1nonc1CCN. The van der Waals surface area contributed by atoms with Gasteiger partial charge >= 0.3 is 0 Å². The average Bonchev–Trinajstić information content (AvgIpc) is 2.18. The molecule has 1 heterocycles. The lowest BCUT2D eigenvalue weighted by molar-refractivity contribution is 0.301. The van der Waals surface area contributed by atoms with Crippen molar-refractivity contribution in [3.8, 4) is 0 Å². The van der Waals surface area contributed by atoms with Crippen molar-refractivity contribution in [1.29, 1.82) is 0 Å². The second kappa shape index (κ2) is 2.59. The van der Waals surface area contributed by atoms with Gasteiger partial charge in [0.2, 0.25) is 0 Å². The fraction of sp³-hybridized carbons (Fsp3) is 0.600. The minimum Gasteiger partial charge on any atom is -0.330 e. The van der Waals surface area contributed by atoms with Crippen LogP contribution >= 0.6 is 0 Å². The Morgan fingerprint density at radius 1 is 1.56 bits per heavy atom. The van der Waals surface area contributed by atoms with Crippen molar-refractivity contribution in [2.45, 2.75) is 13.3 Å². The van der Waals surface area contributed by atoms with Gasteiger partial charge in [0, 0.05) is 6.42 Å². The van der Waals surface area contributed by atoms with Crippen LogP contribution in [-0.2, 0) is 6.42 Å². The lowest BCUT2D eigenvalue weighted by Gasteiger charge is -1.86. The van der Waals surface area contributed by atoms with E-state index in [0.717, 1.165) is 17.8 Å². The molecule has 0 aromatic carbocycles. The van der Waals surface area contributed by atoms with Crippen LogP contribution < -0.4 is 5.73 Å². The summed E-state index contributed by atoms with van der Waals surface area (Å²) >= 11 is 0. The molecule has 1 rings (SSSR count). The van der Waals surface area contributed by atoms with Crippen LogP contribution in [0.4, 0.5) is 0 Å². The van der Waals surface area contributed by atoms with E-state index in [-0.39, 0.29) is 0 Å². The third-order valence-electron chi connectivity index (χ3n) is 1.13. The van der Waals surface area contributed by atoms with Crippen molar-refractivity contribution in [3.05, 3.63) is 11.4 Å². The minimum absolute atomic E-state index is 0.592. The summed E-state index contributed by atoms with van der Waals surface area (Å²) in [4.78, 5) is 0. The van der Waals surface area contributed by atoms with Crippen LogP contribution in [0.1, 0.15) is 11.4 Å². The van der Waals surface area contributed by atoms with E-state index < -0.39 is 0 Å². The van der Waals surface area contributed by atoms with Gasteiger partial charge in [-0.2, -0.15) is 0 Å². The number of hydrogen-bond donors (Lipinski definition) is 1. The maximum Gasteiger partial charge on any atom is 0.109 e. The van der Waals surface area contributed by atoms with Crippen molar-refractivity contribution in [2.24, 2.45) is 5.73 Å². The third-order valence-corrected chi connectivity index (χ3v) is 1.13. The molecular weight excluding hydrogens is 118 g/mol. The van der Waals surface area contributed by atoms with E-state index in [0.29, 0.717) is 6.54 Å². The Morgan fingerprint density at radius 2 is 2.33 bits per heavy atom. The molecule has 50 valence electrons. The smallest absolute Gasteiger partial charge is 0.109 e. The molecule has 0 radical (unpaired) electrons. The normalized spacial score (nSPS) is 10.0. The molecule has 0 fully saturated rings. The first-order chi connectivity index (χ1) is 4.34. The molecule has 0 aliphatic carbocycles. The van der Waals surface area contributed by atoms with Gasteiger partial charge in [0.25, 0.3) is 0 Å². The van der Waals surface area contributed by atoms with E-state index in [4.69, 9.17) is 5.73 Å². The molecule has 0 bridgehead atoms. The van der Waals surface area contributed by atoms with E-state index >= 15 is 0 Å². The maximum atomic E-state index is 5.28. The summed E-state index contributed by atoms with van der Waals surface area (Å²) < 4.78 is 4.44. The van der Waals surface area contributed by atoms with Gasteiger partial charge in [-0.3, -0.25) is 0 Å². The van der Waals surface area contributed by atoms with E-state index in [2.05, 4.69) is 14.9 Å². The Hall–Kier alpha value is -0.900. The molecule has 0 unspecified atom stereocenters. The van der Waals surface area contributed by atoms with Gasteiger partial charge in [-0.1, -0.05) is 10.3 Å². The van der Waals surface area contributed by atoms with Crippen molar-refractivity contribution in [3.63, 3.8) is 0 Å². The first-order valence-electron chi connectivity index (χ1n) is 2.82. The van der Waals surface area contributed by atoms with Crippen LogP contribution in [0.5, 0.6) is 0 Å². The zero-order valence-electron chi connectivity index (χ0n) is 5.29. The van der Waals surface area contributed by atoms with Crippen LogP contribution in [0.3, 0.4) is 0 Å². The van der Waals surface area contributed by atoms with Gasteiger partial charge in [0.1, 0.15) is 11.4 Å². The monoisotopic (exact) mass is 127 g/mol. The Morgan fingerprint density at radius 3 is 2.78 bits per heavy atom. The largest absolute Gasteiger partial charge is 0.330 e. The highest BCUT2D eigenvalue weighted by atomic mass is 16.6. The van der Waals surface area contributed by atoms with Gasteiger partial charge in [0.05, 0.1) is 0 Å². The molecule has 0 aliphatic heterocycles. The summed E-state index contributed by atoms with van der Waals surface area (Å²) in [5, 5.41) is 7.23. The highest BCUT2D eigenvalue weighted by molar-refractivity contribution is 5.04. The average molecular weight is 127 g/mol. The van der Waals surface area contributed by atoms with Crippen molar-refractivity contribution >= 4 is 0 Å². The van der Waals surface area contributed by atoms with E-state index in [9.17, 15) is 0 Å². The van der Waals surface area contributed by atoms with Gasteiger partial charge in [-0.05, 0) is 13.5 Å². The number of hydrogen-bond acceptors (Lipinski definition) is 4. The van der Waals surface area contributed by atoms with Crippen LogP contribution in [0.15, 0.2) is 4.63 Å². The summed E-state index contributed by atoms with van der Waals surface area (Å²) in [6.07, 6.45) is 0.745. The molecule has 9 heavy (non-hydrogen) atoms. The van der Waals surface area contributed by atoms with Crippen LogP contribution in [-0.4, -0.2) is 16.9 Å². The number of aryl methyl sites for hydroxylation is 1. The molecule has 4 heteroatoms. The zero-order chi connectivity index (χ0) is 6.69. The number of aromatic nitrogens is 2. The summed E-state index contributed by atoms with van der Waals surface area (Å²) in [5.41, 5.74) is 6.97. The Labute approximate surface area is 53.0 Å². The molecule has 0 spiro atoms. The van der Waals surface area contributed by atoms with Crippen LogP contribution in [0.25, 0.3) is 0 Å². The standard InChI is InChI=1S/C5H9N3O/c1-4-5(2-3-6)8-9-7-4/h2-3,6H2,1H3. The Kier molecular flexibility index (Phi) is 1.79. The first kappa shape index (κ1) is 6.22. The third kappa shape index (κ3) is 1.26. The molecule has 0 atom stereocenters. The number of nitrogens with zero attached hydrogens (tertiary/aromatic N) is 2. The van der Waals surface area contributed by atoms with Crippen molar-refractivity contribution in [2.75, 3.05) is 6.54 Å². The quantitative estimate of drug-likeness (QED) is 0.601. The van der Waals surface area contributed by atoms with E-state index in [1.807, 2.05) is 6.92 Å². The Balaban J connectivity index is 2.69. The van der Waals surface area contributed by atoms with Gasteiger partial charge in [-0.15, -0.1) is 0 Å². The highest BCUT2D eigenvalue weighted by Crippen LogP contribution is 1.98.